The van der Waals surface area contributed by atoms with Gasteiger partial charge in [-0.3, -0.25) is 0 Å². The molecule has 15 heavy (non-hydrogen) atoms. The van der Waals surface area contributed by atoms with Gasteiger partial charge in [-0.1, -0.05) is 12.1 Å². The monoisotopic (exact) mass is 230 g/mol. The zero-order valence-electron chi connectivity index (χ0n) is 7.67. The Morgan fingerprint density at radius 1 is 1.47 bits per heavy atom. The summed E-state index contributed by atoms with van der Waals surface area (Å²) in [5.41, 5.74) is 0.531. The second kappa shape index (κ2) is 4.28. The first-order valence-corrected chi connectivity index (χ1v) is 5.53. The van der Waals surface area contributed by atoms with Gasteiger partial charge < -0.3 is 10.4 Å². The molecule has 1 amide bonds. The molecular weight excluding hydrogens is 220 g/mol. The zero-order chi connectivity index (χ0) is 11.5. The van der Waals surface area contributed by atoms with Crippen molar-refractivity contribution in [3.8, 4) is 0 Å². The van der Waals surface area contributed by atoms with Gasteiger partial charge in [0.2, 0.25) is 10.0 Å². The molecule has 0 aromatic heterocycles. The summed E-state index contributed by atoms with van der Waals surface area (Å²) in [6.45, 7) is 0.0404. The lowest BCUT2D eigenvalue weighted by Gasteiger charge is -2.03. The zero-order valence-corrected chi connectivity index (χ0v) is 8.49. The first-order valence-electron chi connectivity index (χ1n) is 3.98. The van der Waals surface area contributed by atoms with E-state index in [0.29, 0.717) is 5.56 Å². The Hall–Kier alpha value is -1.60. The first-order chi connectivity index (χ1) is 6.89. The smallest absolute Gasteiger partial charge is 0.404 e. The molecule has 6 nitrogen and oxygen atoms in total. The predicted molar refractivity (Wildman–Crippen MR) is 52.7 cm³/mol. The molecule has 7 heteroatoms. The summed E-state index contributed by atoms with van der Waals surface area (Å²) >= 11 is 0. The third-order valence-electron chi connectivity index (χ3n) is 1.67. The van der Waals surface area contributed by atoms with E-state index in [1.165, 1.54) is 18.2 Å². The molecule has 82 valence electrons. The van der Waals surface area contributed by atoms with E-state index in [1.807, 2.05) is 0 Å². The number of nitrogens with one attached hydrogen (secondary N) is 1. The molecule has 0 fully saturated rings. The van der Waals surface area contributed by atoms with Gasteiger partial charge >= 0.3 is 6.09 Å². The molecule has 0 radical (unpaired) electrons. The highest BCUT2D eigenvalue weighted by molar-refractivity contribution is 7.89. The molecule has 0 aliphatic carbocycles. The topological polar surface area (TPSA) is 109 Å². The third kappa shape index (κ3) is 3.56. The number of sulfonamides is 1. The fraction of sp³-hybridized carbons (Fsp3) is 0.125. The highest BCUT2D eigenvalue weighted by Crippen LogP contribution is 2.09. The van der Waals surface area contributed by atoms with Crippen LogP contribution in [0.25, 0.3) is 0 Å². The number of hydrogen-bond acceptors (Lipinski definition) is 3. The summed E-state index contributed by atoms with van der Waals surface area (Å²) in [5, 5.41) is 15.4. The van der Waals surface area contributed by atoms with Crippen LogP contribution in [0.1, 0.15) is 5.56 Å². The summed E-state index contributed by atoms with van der Waals surface area (Å²) in [7, 11) is -3.74. The summed E-state index contributed by atoms with van der Waals surface area (Å²) in [4.78, 5) is 10.2. The Morgan fingerprint density at radius 2 is 2.13 bits per heavy atom. The van der Waals surface area contributed by atoms with Crippen LogP contribution >= 0.6 is 0 Å². The maximum atomic E-state index is 11.0. The van der Waals surface area contributed by atoms with Gasteiger partial charge in [0.15, 0.2) is 0 Å². The van der Waals surface area contributed by atoms with Crippen molar-refractivity contribution in [2.24, 2.45) is 5.14 Å². The van der Waals surface area contributed by atoms with Crippen molar-refractivity contribution in [2.75, 3.05) is 0 Å². The molecule has 0 bridgehead atoms. The van der Waals surface area contributed by atoms with Gasteiger partial charge in [0, 0.05) is 6.54 Å². The Kier molecular flexibility index (Phi) is 3.28. The number of rotatable bonds is 3. The quantitative estimate of drug-likeness (QED) is 0.684. The van der Waals surface area contributed by atoms with Gasteiger partial charge in [0.25, 0.3) is 0 Å². The van der Waals surface area contributed by atoms with E-state index in [0.717, 1.165) is 0 Å². The molecule has 0 saturated heterocycles. The van der Waals surface area contributed by atoms with Crippen LogP contribution in [0.15, 0.2) is 29.2 Å². The van der Waals surface area contributed by atoms with Gasteiger partial charge in [-0.15, -0.1) is 0 Å². The first kappa shape index (κ1) is 11.5. The number of nitrogens with two attached hydrogens (primary N) is 1. The van der Waals surface area contributed by atoms with Crippen LogP contribution in [0.3, 0.4) is 0 Å². The third-order valence-corrected chi connectivity index (χ3v) is 2.58. The van der Waals surface area contributed by atoms with Crippen molar-refractivity contribution in [2.45, 2.75) is 11.4 Å². The summed E-state index contributed by atoms with van der Waals surface area (Å²) < 4.78 is 21.9. The van der Waals surface area contributed by atoms with Gasteiger partial charge in [0.05, 0.1) is 4.90 Å². The van der Waals surface area contributed by atoms with Crippen molar-refractivity contribution >= 4 is 16.1 Å². The van der Waals surface area contributed by atoms with Crippen LogP contribution in [-0.4, -0.2) is 19.6 Å². The van der Waals surface area contributed by atoms with E-state index < -0.39 is 16.1 Å². The van der Waals surface area contributed by atoms with E-state index in [4.69, 9.17) is 10.2 Å². The summed E-state index contributed by atoms with van der Waals surface area (Å²) in [6.07, 6.45) is -1.17. The maximum Gasteiger partial charge on any atom is 0.404 e. The Balaban J connectivity index is 2.89. The van der Waals surface area contributed by atoms with Crippen LogP contribution in [-0.2, 0) is 16.6 Å². The van der Waals surface area contributed by atoms with Crippen molar-refractivity contribution in [3.63, 3.8) is 0 Å². The maximum absolute atomic E-state index is 11.0. The standard InChI is InChI=1S/C8H10N2O4S/c9-15(13,14)7-3-1-2-6(4-7)5-10-8(11)12/h1-4,10H,5H2,(H,11,12)(H2,9,13,14). The molecule has 1 rings (SSSR count). The van der Waals surface area contributed by atoms with Crippen molar-refractivity contribution < 1.29 is 18.3 Å². The van der Waals surface area contributed by atoms with Crippen LogP contribution in [0.5, 0.6) is 0 Å². The fourth-order valence-corrected chi connectivity index (χ4v) is 1.59. The normalized spacial score (nSPS) is 11.0. The summed E-state index contributed by atoms with van der Waals surface area (Å²) in [5.74, 6) is 0. The number of primary sulfonamides is 1. The predicted octanol–water partition coefficient (Wildman–Crippen LogP) is 0.102. The van der Waals surface area contributed by atoms with Gasteiger partial charge in [-0.25, -0.2) is 18.4 Å². The van der Waals surface area contributed by atoms with Crippen molar-refractivity contribution in [3.05, 3.63) is 29.8 Å². The minimum Gasteiger partial charge on any atom is -0.465 e. The molecule has 0 heterocycles. The van der Waals surface area contributed by atoms with Crippen LogP contribution in [0, 0.1) is 0 Å². The molecule has 0 atom stereocenters. The molecule has 0 spiro atoms. The number of carboxylic acid groups (broad SMARTS) is 1. The molecule has 0 unspecified atom stereocenters. The number of carbonyl (C=O) groups is 1. The largest absolute Gasteiger partial charge is 0.465 e. The molecule has 0 saturated carbocycles. The van der Waals surface area contributed by atoms with Crippen molar-refractivity contribution in [1.29, 1.82) is 0 Å². The molecule has 4 N–H and O–H groups in total. The Bertz CT molecular complexity index is 469. The lowest BCUT2D eigenvalue weighted by Crippen LogP contribution is -2.20. The molecule has 1 aromatic rings. The Morgan fingerprint density at radius 3 is 2.67 bits per heavy atom. The fourth-order valence-electron chi connectivity index (χ4n) is 1.01. The molecular formula is C8H10N2O4S. The van der Waals surface area contributed by atoms with Crippen LogP contribution in [0.4, 0.5) is 4.79 Å². The van der Waals surface area contributed by atoms with Crippen molar-refractivity contribution in [1.82, 2.24) is 5.32 Å². The Labute approximate surface area is 86.8 Å². The minimum absolute atomic E-state index is 0.0350. The number of hydrogen-bond donors (Lipinski definition) is 3. The van der Waals surface area contributed by atoms with Gasteiger partial charge in [-0.05, 0) is 17.7 Å². The average molecular weight is 230 g/mol. The number of benzene rings is 1. The van der Waals surface area contributed by atoms with E-state index >= 15 is 0 Å². The summed E-state index contributed by atoms with van der Waals surface area (Å²) in [6, 6.07) is 5.77. The molecule has 0 aliphatic rings. The van der Waals surface area contributed by atoms with Crippen LogP contribution < -0.4 is 10.5 Å². The SMILES string of the molecule is NS(=O)(=O)c1cccc(CNC(=O)O)c1. The minimum atomic E-state index is -3.74. The van der Waals surface area contributed by atoms with E-state index in [1.54, 1.807) is 6.07 Å². The van der Waals surface area contributed by atoms with E-state index in [9.17, 15) is 13.2 Å². The van der Waals surface area contributed by atoms with Crippen LogP contribution in [0.2, 0.25) is 0 Å². The van der Waals surface area contributed by atoms with Gasteiger partial charge in [0.1, 0.15) is 0 Å². The highest BCUT2D eigenvalue weighted by atomic mass is 32.2. The second-order valence-corrected chi connectivity index (χ2v) is 4.41. The lowest BCUT2D eigenvalue weighted by molar-refractivity contribution is 0.194. The molecule has 0 aliphatic heterocycles. The number of amides is 1. The van der Waals surface area contributed by atoms with E-state index in [2.05, 4.69) is 5.32 Å². The lowest BCUT2D eigenvalue weighted by atomic mass is 10.2. The highest BCUT2D eigenvalue weighted by Gasteiger charge is 2.07. The average Bonchev–Trinajstić information content (AvgIpc) is 2.14. The van der Waals surface area contributed by atoms with Gasteiger partial charge in [-0.2, -0.15) is 0 Å². The molecule has 1 aromatic carbocycles. The van der Waals surface area contributed by atoms with E-state index in [-0.39, 0.29) is 11.4 Å². The second-order valence-electron chi connectivity index (χ2n) is 2.85.